The van der Waals surface area contributed by atoms with Gasteiger partial charge in [-0.1, -0.05) is 49.2 Å². The molecule has 0 fully saturated rings. The third kappa shape index (κ3) is 9.43. The highest BCUT2D eigenvalue weighted by Crippen LogP contribution is 2.16. The Balaban J connectivity index is 1.96. The van der Waals surface area contributed by atoms with Crippen molar-refractivity contribution in [2.24, 2.45) is 0 Å². The predicted molar refractivity (Wildman–Crippen MR) is 126 cm³/mol. The zero-order valence-electron chi connectivity index (χ0n) is 19.8. The summed E-state index contributed by atoms with van der Waals surface area (Å²) < 4.78 is 10.5. The Morgan fingerprint density at radius 1 is 0.939 bits per heavy atom. The van der Waals surface area contributed by atoms with Crippen molar-refractivity contribution < 1.29 is 28.7 Å². The number of Topliss-reactive ketones (excluding diaryl/α,β-unsaturated/α-hetero) is 2. The molecule has 0 saturated heterocycles. The molecule has 33 heavy (non-hydrogen) atoms. The molecule has 2 aromatic rings. The molecule has 178 valence electrons. The Bertz CT molecular complexity index is 992. The topological polar surface area (TPSA) is 98.8 Å². The number of carbonyl (C=O) groups is 4. The lowest BCUT2D eigenvalue weighted by Crippen LogP contribution is -2.44. The number of unbranched alkanes of at least 4 members (excludes halogenated alkanes) is 2. The normalized spacial score (nSPS) is 12.1. The van der Waals surface area contributed by atoms with Crippen molar-refractivity contribution in [1.29, 1.82) is 0 Å². The van der Waals surface area contributed by atoms with Crippen LogP contribution in [0.25, 0.3) is 10.8 Å². The summed E-state index contributed by atoms with van der Waals surface area (Å²) in [6.07, 6.45) is 2.13. The molecule has 2 rings (SSSR count). The molecule has 0 bridgehead atoms. The Labute approximate surface area is 194 Å². The van der Waals surface area contributed by atoms with Gasteiger partial charge in [0.25, 0.3) is 0 Å². The number of amides is 1. The van der Waals surface area contributed by atoms with Gasteiger partial charge < -0.3 is 19.6 Å². The summed E-state index contributed by atoms with van der Waals surface area (Å²) in [7, 11) is 0. The molecule has 1 atom stereocenters. The number of benzene rings is 2. The van der Waals surface area contributed by atoms with Crippen molar-refractivity contribution in [3.8, 4) is 0 Å². The molecule has 0 aliphatic rings. The SMILES string of the molecule is CC(=O)CCCCC[C@H](NC(=O)OC(C)(C)C)C(=O)OCC(=O)c1ccc2ccccc2c1. The van der Waals surface area contributed by atoms with Gasteiger partial charge >= 0.3 is 12.1 Å². The Morgan fingerprint density at radius 2 is 1.64 bits per heavy atom. The molecule has 1 N–H and O–H groups in total. The lowest BCUT2D eigenvalue weighted by Gasteiger charge is -2.23. The number of alkyl carbamates (subject to hydrolysis) is 1. The van der Waals surface area contributed by atoms with Gasteiger partial charge in [-0.3, -0.25) is 4.79 Å². The predicted octanol–water partition coefficient (Wildman–Crippen LogP) is 5.00. The molecular weight excluding hydrogens is 422 g/mol. The van der Waals surface area contributed by atoms with E-state index in [0.29, 0.717) is 31.2 Å². The van der Waals surface area contributed by atoms with Crippen LogP contribution in [0.2, 0.25) is 0 Å². The van der Waals surface area contributed by atoms with Crippen molar-refractivity contribution in [3.05, 3.63) is 48.0 Å². The van der Waals surface area contributed by atoms with E-state index >= 15 is 0 Å². The van der Waals surface area contributed by atoms with Crippen LogP contribution >= 0.6 is 0 Å². The van der Waals surface area contributed by atoms with Gasteiger partial charge in [-0.05, 0) is 57.4 Å². The molecule has 0 heterocycles. The van der Waals surface area contributed by atoms with Gasteiger partial charge in [0.1, 0.15) is 17.4 Å². The van der Waals surface area contributed by atoms with Gasteiger partial charge in [-0.25, -0.2) is 9.59 Å². The van der Waals surface area contributed by atoms with Gasteiger partial charge in [0.2, 0.25) is 0 Å². The zero-order chi connectivity index (χ0) is 24.4. The molecule has 0 unspecified atom stereocenters. The first-order valence-electron chi connectivity index (χ1n) is 11.2. The zero-order valence-corrected chi connectivity index (χ0v) is 19.8. The van der Waals surface area contributed by atoms with Crippen molar-refractivity contribution in [3.63, 3.8) is 0 Å². The fraction of sp³-hybridized carbons (Fsp3) is 0.462. The second kappa shape index (κ2) is 12.1. The number of ether oxygens (including phenoxy) is 2. The molecular formula is C26H33NO6. The number of ketones is 2. The lowest BCUT2D eigenvalue weighted by atomic mass is 10.0. The fourth-order valence-corrected chi connectivity index (χ4v) is 3.28. The summed E-state index contributed by atoms with van der Waals surface area (Å²) in [5.41, 5.74) is -0.270. The minimum atomic E-state index is -0.943. The van der Waals surface area contributed by atoms with Crippen LogP contribution in [0.1, 0.15) is 70.2 Å². The summed E-state index contributed by atoms with van der Waals surface area (Å²) in [5, 5.41) is 4.48. The molecule has 1 amide bonds. The molecule has 7 heteroatoms. The van der Waals surface area contributed by atoms with E-state index in [-0.39, 0.29) is 11.6 Å². The third-order valence-electron chi connectivity index (χ3n) is 4.91. The molecule has 7 nitrogen and oxygen atoms in total. The van der Waals surface area contributed by atoms with Crippen LogP contribution in [0, 0.1) is 0 Å². The van der Waals surface area contributed by atoms with Gasteiger partial charge in [-0.15, -0.1) is 0 Å². The maximum absolute atomic E-state index is 12.7. The molecule has 2 aromatic carbocycles. The molecule has 0 saturated carbocycles. The number of fused-ring (bicyclic) bond motifs is 1. The first-order chi connectivity index (χ1) is 15.5. The Kier molecular flexibility index (Phi) is 9.57. The molecule has 0 aromatic heterocycles. The van der Waals surface area contributed by atoms with E-state index in [1.54, 1.807) is 32.9 Å². The van der Waals surface area contributed by atoms with Crippen LogP contribution in [0.15, 0.2) is 42.5 Å². The van der Waals surface area contributed by atoms with E-state index < -0.39 is 30.3 Å². The van der Waals surface area contributed by atoms with Crippen LogP contribution in [0.3, 0.4) is 0 Å². The first-order valence-corrected chi connectivity index (χ1v) is 11.2. The second-order valence-electron chi connectivity index (χ2n) is 9.09. The van der Waals surface area contributed by atoms with Crippen LogP contribution in [0.5, 0.6) is 0 Å². The van der Waals surface area contributed by atoms with E-state index in [0.717, 1.165) is 17.2 Å². The number of hydrogen-bond acceptors (Lipinski definition) is 6. The summed E-state index contributed by atoms with van der Waals surface area (Å²) in [6, 6.07) is 12.0. The van der Waals surface area contributed by atoms with Crippen LogP contribution < -0.4 is 5.32 Å². The van der Waals surface area contributed by atoms with E-state index in [2.05, 4.69) is 5.32 Å². The Morgan fingerprint density at radius 3 is 2.30 bits per heavy atom. The largest absolute Gasteiger partial charge is 0.456 e. The summed E-state index contributed by atoms with van der Waals surface area (Å²) in [5.74, 6) is -0.904. The number of hydrogen-bond donors (Lipinski definition) is 1. The van der Waals surface area contributed by atoms with Gasteiger partial charge in [0.15, 0.2) is 12.4 Å². The van der Waals surface area contributed by atoms with Crippen molar-refractivity contribution in [2.75, 3.05) is 6.61 Å². The average Bonchev–Trinajstić information content (AvgIpc) is 2.74. The highest BCUT2D eigenvalue weighted by molar-refractivity contribution is 6.01. The van der Waals surface area contributed by atoms with E-state index in [1.165, 1.54) is 6.92 Å². The number of nitrogens with one attached hydrogen (secondary N) is 1. The van der Waals surface area contributed by atoms with Crippen LogP contribution in [0.4, 0.5) is 4.79 Å². The fourth-order valence-electron chi connectivity index (χ4n) is 3.28. The van der Waals surface area contributed by atoms with Crippen molar-refractivity contribution >= 4 is 34.4 Å². The van der Waals surface area contributed by atoms with Gasteiger partial charge in [0, 0.05) is 12.0 Å². The summed E-state index contributed by atoms with van der Waals surface area (Å²) in [6.45, 7) is 6.29. The molecule has 0 aliphatic heterocycles. The Hall–Kier alpha value is -3.22. The summed E-state index contributed by atoms with van der Waals surface area (Å²) in [4.78, 5) is 48.5. The molecule has 0 spiro atoms. The minimum absolute atomic E-state index is 0.116. The average molecular weight is 456 g/mol. The highest BCUT2D eigenvalue weighted by atomic mass is 16.6. The molecule has 0 aliphatic carbocycles. The quantitative estimate of drug-likeness (QED) is 0.291. The monoisotopic (exact) mass is 455 g/mol. The third-order valence-corrected chi connectivity index (χ3v) is 4.91. The van der Waals surface area contributed by atoms with Crippen LogP contribution in [-0.4, -0.2) is 41.9 Å². The van der Waals surface area contributed by atoms with Gasteiger partial charge in [-0.2, -0.15) is 0 Å². The minimum Gasteiger partial charge on any atom is -0.456 e. The molecule has 0 radical (unpaired) electrons. The summed E-state index contributed by atoms with van der Waals surface area (Å²) >= 11 is 0. The number of rotatable bonds is 11. The lowest BCUT2D eigenvalue weighted by molar-refractivity contribution is -0.145. The first kappa shape index (κ1) is 26.0. The van der Waals surface area contributed by atoms with Gasteiger partial charge in [0.05, 0.1) is 0 Å². The van der Waals surface area contributed by atoms with E-state index in [9.17, 15) is 19.2 Å². The second-order valence-corrected chi connectivity index (χ2v) is 9.09. The van der Waals surface area contributed by atoms with Crippen molar-refractivity contribution in [1.82, 2.24) is 5.32 Å². The smallest absolute Gasteiger partial charge is 0.408 e. The maximum Gasteiger partial charge on any atom is 0.408 e. The maximum atomic E-state index is 12.7. The van der Waals surface area contributed by atoms with Crippen LogP contribution in [-0.2, 0) is 19.1 Å². The standard InChI is InChI=1S/C26H33NO6/c1-18(28)10-6-5-7-13-22(27-25(31)33-26(2,3)4)24(30)32-17-23(29)21-15-14-19-11-8-9-12-20(19)16-21/h8-9,11-12,14-16,22H,5-7,10,13,17H2,1-4H3,(H,27,31)/t22-/m0/s1. The van der Waals surface area contributed by atoms with E-state index in [1.807, 2.05) is 30.3 Å². The van der Waals surface area contributed by atoms with Crippen molar-refractivity contribution in [2.45, 2.75) is 71.4 Å². The highest BCUT2D eigenvalue weighted by Gasteiger charge is 2.26. The van der Waals surface area contributed by atoms with E-state index in [4.69, 9.17) is 9.47 Å². The number of carbonyl (C=O) groups excluding carboxylic acids is 4. The number of esters is 1.